The minimum absolute atomic E-state index is 0.0550. The number of rotatable bonds is 7. The summed E-state index contributed by atoms with van der Waals surface area (Å²) in [4.78, 5) is 17.2. The van der Waals surface area contributed by atoms with Crippen LogP contribution in [0.25, 0.3) is 0 Å². The van der Waals surface area contributed by atoms with Gasteiger partial charge < -0.3 is 32.3 Å². The maximum absolute atomic E-state index is 16.6. The number of allylic oxidation sites excluding steroid dienone is 1. The molecule has 0 aromatic carbocycles. The molecule has 2 saturated heterocycles. The van der Waals surface area contributed by atoms with Crippen LogP contribution in [0.3, 0.4) is 0 Å². The van der Waals surface area contributed by atoms with Crippen LogP contribution < -0.4 is 27.4 Å². The second-order valence-corrected chi connectivity index (χ2v) is 16.4. The van der Waals surface area contributed by atoms with E-state index in [1.165, 1.54) is 25.7 Å². The SMILES string of the molecule is CC1CC(C2C(F)CNCC2(NC(=O)C(C(N)N)C2CC3(/C=C\C(F)CN2)CCCC3)C2CCCC2)N(C)CC1C1CCCC1. The molecule has 9 unspecified atom stereocenters. The van der Waals surface area contributed by atoms with Gasteiger partial charge >= 0.3 is 0 Å². The van der Waals surface area contributed by atoms with Gasteiger partial charge in [0.05, 0.1) is 17.6 Å². The molecular weight excluding hydrogens is 570 g/mol. The fourth-order valence-corrected chi connectivity index (χ4v) is 11.3. The molecule has 3 saturated carbocycles. The molecular formula is C36H62F2N6O. The van der Waals surface area contributed by atoms with Gasteiger partial charge in [0, 0.05) is 44.2 Å². The first-order valence-electron chi connectivity index (χ1n) is 18.6. The molecule has 0 radical (unpaired) electrons. The van der Waals surface area contributed by atoms with E-state index >= 15 is 4.39 Å². The van der Waals surface area contributed by atoms with Crippen molar-refractivity contribution in [1.29, 1.82) is 0 Å². The molecule has 0 aromatic rings. The Hall–Kier alpha value is -1.13. The van der Waals surface area contributed by atoms with Crippen molar-refractivity contribution in [3.05, 3.63) is 12.2 Å². The third-order valence-corrected chi connectivity index (χ3v) is 13.6. The molecule has 0 bridgehead atoms. The standard InChI is InChI=1S/C36H62F2N6O/c1-23-17-30(44(2)21-27(23)24-9-3-4-10-24)32-28(38)20-41-22-36(32,25-11-5-6-12-25)43-34(45)31(33(39)40)29-18-35(14-7-8-15-35)16-13-26(37)19-42-29/h13,16,23-33,41-42H,3-12,14-15,17-22,39-40H2,1-2H3,(H,43,45)/b16-13-. The first-order chi connectivity index (χ1) is 21.6. The van der Waals surface area contributed by atoms with Crippen molar-refractivity contribution in [2.24, 2.45) is 52.4 Å². The molecule has 3 heterocycles. The predicted octanol–water partition coefficient (Wildman–Crippen LogP) is 4.41. The van der Waals surface area contributed by atoms with Crippen molar-refractivity contribution >= 4 is 5.91 Å². The van der Waals surface area contributed by atoms with Crippen LogP contribution in [0.2, 0.25) is 0 Å². The van der Waals surface area contributed by atoms with Gasteiger partial charge in [-0.2, -0.15) is 0 Å². The third kappa shape index (κ3) is 6.90. The molecule has 3 aliphatic carbocycles. The molecule has 9 heteroatoms. The molecule has 6 rings (SSSR count). The van der Waals surface area contributed by atoms with Gasteiger partial charge in [0.25, 0.3) is 0 Å². The fourth-order valence-electron chi connectivity index (χ4n) is 11.3. The van der Waals surface area contributed by atoms with E-state index in [9.17, 15) is 9.18 Å². The quantitative estimate of drug-likeness (QED) is 0.210. The van der Waals surface area contributed by atoms with Gasteiger partial charge in [-0.25, -0.2) is 8.78 Å². The van der Waals surface area contributed by atoms with Crippen molar-refractivity contribution in [3.8, 4) is 0 Å². The number of likely N-dealkylation sites (tertiary alicyclic amines) is 1. The lowest BCUT2D eigenvalue weighted by molar-refractivity contribution is -0.134. The van der Waals surface area contributed by atoms with E-state index in [4.69, 9.17) is 11.5 Å². The molecule has 7 nitrogen and oxygen atoms in total. The summed E-state index contributed by atoms with van der Waals surface area (Å²) >= 11 is 0. The number of amides is 1. The highest BCUT2D eigenvalue weighted by Crippen LogP contribution is 2.49. The number of carbonyl (C=O) groups is 1. The van der Waals surface area contributed by atoms with E-state index in [0.29, 0.717) is 31.3 Å². The van der Waals surface area contributed by atoms with Gasteiger partial charge in [0.2, 0.25) is 5.91 Å². The Morgan fingerprint density at radius 3 is 2.40 bits per heavy atom. The van der Waals surface area contributed by atoms with E-state index in [-0.39, 0.29) is 41.8 Å². The Balaban J connectivity index is 1.30. The van der Waals surface area contributed by atoms with E-state index < -0.39 is 30.0 Å². The summed E-state index contributed by atoms with van der Waals surface area (Å²) in [5, 5.41) is 10.4. The molecule has 0 aromatic heterocycles. The second-order valence-electron chi connectivity index (χ2n) is 16.4. The molecule has 6 aliphatic rings. The van der Waals surface area contributed by atoms with Crippen LogP contribution in [0, 0.1) is 40.9 Å². The topological polar surface area (TPSA) is 108 Å². The summed E-state index contributed by atoms with van der Waals surface area (Å²) in [7, 11) is 2.20. The number of piperidine rings is 2. The van der Waals surface area contributed by atoms with Crippen LogP contribution in [0.5, 0.6) is 0 Å². The summed E-state index contributed by atoms with van der Waals surface area (Å²) < 4.78 is 31.5. The van der Waals surface area contributed by atoms with Gasteiger partial charge in [-0.3, -0.25) is 4.79 Å². The zero-order chi connectivity index (χ0) is 31.8. The number of nitrogens with zero attached hydrogens (tertiary/aromatic N) is 1. The Labute approximate surface area is 270 Å². The maximum atomic E-state index is 16.6. The number of hydrogen-bond donors (Lipinski definition) is 5. The minimum Gasteiger partial charge on any atom is -0.348 e. The zero-order valence-corrected chi connectivity index (χ0v) is 28.0. The number of nitrogens with one attached hydrogen (secondary N) is 3. The minimum atomic E-state index is -1.12. The van der Waals surface area contributed by atoms with Crippen LogP contribution in [0.4, 0.5) is 8.78 Å². The molecule has 9 atom stereocenters. The van der Waals surface area contributed by atoms with Gasteiger partial charge in [-0.1, -0.05) is 70.4 Å². The number of nitrogens with two attached hydrogens (primary N) is 2. The lowest BCUT2D eigenvalue weighted by atomic mass is 9.62. The summed E-state index contributed by atoms with van der Waals surface area (Å²) in [6.45, 7) is 4.40. The Kier molecular flexibility index (Phi) is 10.6. The van der Waals surface area contributed by atoms with Gasteiger partial charge in [0.1, 0.15) is 12.3 Å². The van der Waals surface area contributed by atoms with Crippen molar-refractivity contribution in [3.63, 3.8) is 0 Å². The smallest absolute Gasteiger partial charge is 0.228 e. The van der Waals surface area contributed by atoms with E-state index in [0.717, 1.165) is 70.3 Å². The van der Waals surface area contributed by atoms with Crippen molar-refractivity contribution in [2.75, 3.05) is 33.2 Å². The van der Waals surface area contributed by atoms with Gasteiger partial charge in [-0.15, -0.1) is 0 Å². The average molecular weight is 633 g/mol. The van der Waals surface area contributed by atoms with Crippen LogP contribution in [-0.2, 0) is 4.79 Å². The van der Waals surface area contributed by atoms with Crippen LogP contribution in [-0.4, -0.2) is 80.2 Å². The largest absolute Gasteiger partial charge is 0.348 e. The van der Waals surface area contributed by atoms with Gasteiger partial charge in [-0.05, 0) is 74.7 Å². The Morgan fingerprint density at radius 1 is 1.02 bits per heavy atom. The normalized spacial score (nSPS) is 41.7. The third-order valence-electron chi connectivity index (χ3n) is 13.6. The zero-order valence-electron chi connectivity index (χ0n) is 28.0. The van der Waals surface area contributed by atoms with E-state index in [1.54, 1.807) is 6.08 Å². The Bertz CT molecular complexity index is 1030. The summed E-state index contributed by atoms with van der Waals surface area (Å²) in [6, 6.07) is -0.299. The van der Waals surface area contributed by atoms with Crippen LogP contribution in [0.15, 0.2) is 12.2 Å². The predicted molar refractivity (Wildman–Crippen MR) is 177 cm³/mol. The maximum Gasteiger partial charge on any atom is 0.228 e. The van der Waals surface area contributed by atoms with Crippen LogP contribution in [0.1, 0.15) is 96.8 Å². The molecule has 1 spiro atoms. The molecule has 256 valence electrons. The molecule has 5 fully saturated rings. The van der Waals surface area contributed by atoms with Crippen molar-refractivity contribution < 1.29 is 13.6 Å². The number of halogens is 2. The first-order valence-corrected chi connectivity index (χ1v) is 18.6. The van der Waals surface area contributed by atoms with Crippen molar-refractivity contribution in [1.82, 2.24) is 20.9 Å². The lowest BCUT2D eigenvalue weighted by Crippen LogP contribution is -2.75. The number of carbonyl (C=O) groups excluding carboxylic acids is 1. The number of alkyl halides is 2. The Morgan fingerprint density at radius 2 is 1.71 bits per heavy atom. The molecule has 45 heavy (non-hydrogen) atoms. The summed E-state index contributed by atoms with van der Waals surface area (Å²) in [5.74, 6) is 0.901. The monoisotopic (exact) mass is 632 g/mol. The van der Waals surface area contributed by atoms with Crippen LogP contribution >= 0.6 is 0 Å². The van der Waals surface area contributed by atoms with E-state index in [1.807, 2.05) is 0 Å². The number of hydrogen-bond acceptors (Lipinski definition) is 6. The molecule has 7 N–H and O–H groups in total. The van der Waals surface area contributed by atoms with E-state index in [2.05, 4.69) is 40.9 Å². The summed E-state index contributed by atoms with van der Waals surface area (Å²) in [5.41, 5.74) is 12.1. The lowest BCUT2D eigenvalue weighted by Gasteiger charge is -2.57. The highest BCUT2D eigenvalue weighted by Gasteiger charge is 2.58. The first kappa shape index (κ1) is 33.8. The van der Waals surface area contributed by atoms with Crippen molar-refractivity contribution in [2.45, 2.75) is 133 Å². The second kappa shape index (κ2) is 14.2. The highest BCUT2D eigenvalue weighted by molar-refractivity contribution is 5.81. The fraction of sp³-hybridized carbons (Fsp3) is 0.917. The van der Waals surface area contributed by atoms with Gasteiger partial charge in [0.15, 0.2) is 0 Å². The summed E-state index contributed by atoms with van der Waals surface area (Å²) in [6.07, 6.45) is 16.0. The average Bonchev–Trinajstić information content (AvgIpc) is 3.79. The highest BCUT2D eigenvalue weighted by atomic mass is 19.1. The molecule has 3 aliphatic heterocycles. The molecule has 1 amide bonds.